The van der Waals surface area contributed by atoms with E-state index in [1.54, 1.807) is 22.8 Å². The number of hydrogen-bond acceptors (Lipinski definition) is 4. The molecule has 0 spiro atoms. The van der Waals surface area contributed by atoms with Gasteiger partial charge in [-0.2, -0.15) is 17.0 Å². The van der Waals surface area contributed by atoms with Crippen LogP contribution in [0.3, 0.4) is 0 Å². The first-order valence-electron chi connectivity index (χ1n) is 8.93. The summed E-state index contributed by atoms with van der Waals surface area (Å²) in [5, 5.41) is 0. The maximum Gasteiger partial charge on any atom is 0.282 e. The molecule has 0 amide bonds. The van der Waals surface area contributed by atoms with Gasteiger partial charge < -0.3 is 9.47 Å². The summed E-state index contributed by atoms with van der Waals surface area (Å²) < 4.78 is 40.4. The molecule has 1 heterocycles. The van der Waals surface area contributed by atoms with Gasteiger partial charge in [0.25, 0.3) is 10.2 Å². The highest BCUT2D eigenvalue weighted by Crippen LogP contribution is 2.35. The predicted molar refractivity (Wildman–Crippen MR) is 97.0 cm³/mol. The van der Waals surface area contributed by atoms with Crippen molar-refractivity contribution in [1.82, 2.24) is 8.61 Å². The molecule has 1 aromatic rings. The maximum absolute atomic E-state index is 13.2. The third-order valence-corrected chi connectivity index (χ3v) is 7.17. The monoisotopic (exact) mass is 368 g/mol. The average molecular weight is 368 g/mol. The van der Waals surface area contributed by atoms with Crippen molar-refractivity contribution >= 4 is 10.2 Å². The van der Waals surface area contributed by atoms with E-state index in [2.05, 4.69) is 6.92 Å². The second-order valence-corrected chi connectivity index (χ2v) is 8.92. The molecule has 7 heteroatoms. The number of piperidine rings is 1. The van der Waals surface area contributed by atoms with Gasteiger partial charge in [0.1, 0.15) is 11.5 Å². The molecule has 2 fully saturated rings. The fourth-order valence-corrected chi connectivity index (χ4v) is 5.16. The van der Waals surface area contributed by atoms with E-state index in [1.165, 1.54) is 0 Å². The standard InChI is InChI=1S/C18H28N2O4S/c1-14-8-10-19(11-9-14)25(21,22)20(16-4-5-16)13-15-12-17(23-2)6-7-18(15)24-3/h6-7,12,14,16H,4-5,8-11,13H2,1-3H3. The largest absolute Gasteiger partial charge is 0.497 e. The number of rotatable bonds is 7. The summed E-state index contributed by atoms with van der Waals surface area (Å²) in [6.07, 6.45) is 3.71. The van der Waals surface area contributed by atoms with Crippen LogP contribution in [0.5, 0.6) is 11.5 Å². The minimum atomic E-state index is -3.46. The lowest BCUT2D eigenvalue weighted by Crippen LogP contribution is -2.47. The lowest BCUT2D eigenvalue weighted by molar-refractivity contribution is 0.259. The number of ether oxygens (including phenoxy) is 2. The molecule has 0 N–H and O–H groups in total. The molecule has 1 aliphatic heterocycles. The van der Waals surface area contributed by atoms with E-state index in [0.717, 1.165) is 31.2 Å². The molecule has 140 valence electrons. The Balaban J connectivity index is 1.85. The number of methoxy groups -OCH3 is 2. The summed E-state index contributed by atoms with van der Waals surface area (Å²) in [5.41, 5.74) is 0.836. The van der Waals surface area contributed by atoms with Crippen LogP contribution in [0.1, 0.15) is 38.2 Å². The van der Waals surface area contributed by atoms with Crippen LogP contribution in [-0.2, 0) is 16.8 Å². The van der Waals surface area contributed by atoms with Crippen molar-refractivity contribution in [2.24, 2.45) is 5.92 Å². The second-order valence-electron chi connectivity index (χ2n) is 7.04. The average Bonchev–Trinajstić information content (AvgIpc) is 3.44. The van der Waals surface area contributed by atoms with Crippen LogP contribution in [0, 0.1) is 5.92 Å². The molecule has 6 nitrogen and oxygen atoms in total. The van der Waals surface area contributed by atoms with Crippen LogP contribution >= 0.6 is 0 Å². The van der Waals surface area contributed by atoms with E-state index < -0.39 is 10.2 Å². The Hall–Kier alpha value is -1.31. The summed E-state index contributed by atoms with van der Waals surface area (Å²) in [4.78, 5) is 0. The molecule has 0 unspecified atom stereocenters. The molecular formula is C18H28N2O4S. The van der Waals surface area contributed by atoms with Gasteiger partial charge in [0.15, 0.2) is 0 Å². The SMILES string of the molecule is COc1ccc(OC)c(CN(C2CC2)S(=O)(=O)N2CCC(C)CC2)c1. The molecule has 1 aliphatic carbocycles. The lowest BCUT2D eigenvalue weighted by atomic mass is 10.0. The Morgan fingerprint density at radius 3 is 2.36 bits per heavy atom. The normalized spacial score (nSPS) is 20.0. The van der Waals surface area contributed by atoms with Crippen molar-refractivity contribution in [3.05, 3.63) is 23.8 Å². The zero-order valence-electron chi connectivity index (χ0n) is 15.3. The van der Waals surface area contributed by atoms with Crippen LogP contribution in [0.4, 0.5) is 0 Å². The molecule has 0 radical (unpaired) electrons. The van der Waals surface area contributed by atoms with Crippen LogP contribution in [0.25, 0.3) is 0 Å². The van der Waals surface area contributed by atoms with E-state index in [1.807, 2.05) is 18.2 Å². The summed E-state index contributed by atoms with van der Waals surface area (Å²) >= 11 is 0. The topological polar surface area (TPSA) is 59.1 Å². The van der Waals surface area contributed by atoms with Crippen LogP contribution in [-0.4, -0.2) is 50.4 Å². The first kappa shape index (κ1) is 18.5. The highest BCUT2D eigenvalue weighted by Gasteiger charge is 2.41. The molecule has 0 bridgehead atoms. The third kappa shape index (κ3) is 4.10. The van der Waals surface area contributed by atoms with E-state index in [0.29, 0.717) is 37.1 Å². The van der Waals surface area contributed by atoms with Crippen molar-refractivity contribution in [3.8, 4) is 11.5 Å². The highest BCUT2D eigenvalue weighted by molar-refractivity contribution is 7.86. The van der Waals surface area contributed by atoms with Crippen LogP contribution in [0.15, 0.2) is 18.2 Å². The van der Waals surface area contributed by atoms with Gasteiger partial charge in [-0.25, -0.2) is 0 Å². The molecule has 25 heavy (non-hydrogen) atoms. The second kappa shape index (κ2) is 7.51. The number of nitrogens with zero attached hydrogens (tertiary/aromatic N) is 2. The highest BCUT2D eigenvalue weighted by atomic mass is 32.2. The summed E-state index contributed by atoms with van der Waals surface area (Å²) in [7, 11) is -0.245. The molecule has 1 saturated heterocycles. The van der Waals surface area contributed by atoms with Gasteiger partial charge in [0.2, 0.25) is 0 Å². The minimum Gasteiger partial charge on any atom is -0.497 e. The number of benzene rings is 1. The first-order valence-corrected chi connectivity index (χ1v) is 10.3. The van der Waals surface area contributed by atoms with Gasteiger partial charge >= 0.3 is 0 Å². The van der Waals surface area contributed by atoms with E-state index >= 15 is 0 Å². The van der Waals surface area contributed by atoms with Gasteiger partial charge in [-0.1, -0.05) is 6.92 Å². The number of hydrogen-bond donors (Lipinski definition) is 0. The minimum absolute atomic E-state index is 0.0975. The zero-order chi connectivity index (χ0) is 18.0. The van der Waals surface area contributed by atoms with Crippen LogP contribution in [0.2, 0.25) is 0 Å². The summed E-state index contributed by atoms with van der Waals surface area (Å²) in [6, 6.07) is 5.61. The zero-order valence-corrected chi connectivity index (χ0v) is 16.1. The molecule has 0 atom stereocenters. The summed E-state index contributed by atoms with van der Waals surface area (Å²) in [6.45, 7) is 3.73. The van der Waals surface area contributed by atoms with Gasteiger partial charge in [0.05, 0.1) is 14.2 Å². The maximum atomic E-state index is 13.2. The quantitative estimate of drug-likeness (QED) is 0.742. The first-order chi connectivity index (χ1) is 12.0. The Bertz CT molecular complexity index is 695. The van der Waals surface area contributed by atoms with E-state index in [-0.39, 0.29) is 6.04 Å². The fourth-order valence-electron chi connectivity index (χ4n) is 3.30. The molecule has 1 aromatic carbocycles. The Kier molecular flexibility index (Phi) is 5.55. The molecular weight excluding hydrogens is 340 g/mol. The lowest BCUT2D eigenvalue weighted by Gasteiger charge is -2.34. The Morgan fingerprint density at radius 2 is 1.80 bits per heavy atom. The Labute approximate surface area is 150 Å². The predicted octanol–water partition coefficient (Wildman–Crippen LogP) is 2.64. The molecule has 1 saturated carbocycles. The van der Waals surface area contributed by atoms with Crippen molar-refractivity contribution in [2.75, 3.05) is 27.3 Å². The van der Waals surface area contributed by atoms with Crippen molar-refractivity contribution in [2.45, 2.75) is 45.2 Å². The fraction of sp³-hybridized carbons (Fsp3) is 0.667. The van der Waals surface area contributed by atoms with Crippen molar-refractivity contribution in [1.29, 1.82) is 0 Å². The van der Waals surface area contributed by atoms with Gasteiger partial charge in [-0.05, 0) is 49.8 Å². The van der Waals surface area contributed by atoms with Gasteiger partial charge in [-0.3, -0.25) is 0 Å². The van der Waals surface area contributed by atoms with Gasteiger partial charge in [-0.15, -0.1) is 0 Å². The van der Waals surface area contributed by atoms with Gasteiger partial charge in [0, 0.05) is 31.2 Å². The molecule has 2 aliphatic rings. The molecule has 0 aromatic heterocycles. The third-order valence-electron chi connectivity index (χ3n) is 5.13. The Morgan fingerprint density at radius 1 is 1.12 bits per heavy atom. The summed E-state index contributed by atoms with van der Waals surface area (Å²) in [5.74, 6) is 1.99. The smallest absolute Gasteiger partial charge is 0.282 e. The molecule has 3 rings (SSSR count). The van der Waals surface area contributed by atoms with Crippen LogP contribution < -0.4 is 9.47 Å². The van der Waals surface area contributed by atoms with E-state index in [4.69, 9.17) is 9.47 Å². The van der Waals surface area contributed by atoms with E-state index in [9.17, 15) is 8.42 Å². The van der Waals surface area contributed by atoms with Crippen molar-refractivity contribution in [3.63, 3.8) is 0 Å². The van der Waals surface area contributed by atoms with Crippen molar-refractivity contribution < 1.29 is 17.9 Å².